The molecular weight excluding hydrogens is 343 g/mol. The van der Waals surface area contributed by atoms with E-state index in [4.69, 9.17) is 0 Å². The zero-order valence-corrected chi connectivity index (χ0v) is 15.7. The van der Waals surface area contributed by atoms with Crippen LogP contribution in [0, 0.1) is 5.82 Å². The minimum Gasteiger partial charge on any atom is -0.396 e. The molecule has 0 amide bonds. The van der Waals surface area contributed by atoms with Gasteiger partial charge < -0.3 is 5.11 Å². The smallest absolute Gasteiger partial charge is 0.127 e. The summed E-state index contributed by atoms with van der Waals surface area (Å²) in [5.74, 6) is 4.82. The zero-order chi connectivity index (χ0) is 16.8. The lowest BCUT2D eigenvalue weighted by molar-refractivity contribution is 0.0401. The molecular formula is C18H27FN2OS2. The molecule has 3 nitrogen and oxygen atoms in total. The summed E-state index contributed by atoms with van der Waals surface area (Å²) in [5, 5.41) is 9.47. The van der Waals surface area contributed by atoms with E-state index < -0.39 is 0 Å². The number of piperazine rings is 1. The van der Waals surface area contributed by atoms with E-state index in [0.717, 1.165) is 31.6 Å². The molecule has 2 aliphatic heterocycles. The predicted octanol–water partition coefficient (Wildman–Crippen LogP) is 2.54. The van der Waals surface area contributed by atoms with Gasteiger partial charge in [-0.15, -0.1) is 0 Å². The highest BCUT2D eigenvalue weighted by atomic mass is 32.2. The van der Waals surface area contributed by atoms with Crippen molar-refractivity contribution in [2.75, 3.05) is 49.3 Å². The maximum Gasteiger partial charge on any atom is 0.127 e. The van der Waals surface area contributed by atoms with Crippen molar-refractivity contribution in [3.8, 4) is 0 Å². The first-order valence-electron chi connectivity index (χ1n) is 8.76. The molecule has 1 aromatic rings. The van der Waals surface area contributed by atoms with Gasteiger partial charge in [-0.1, -0.05) is 18.2 Å². The molecule has 2 aliphatic rings. The van der Waals surface area contributed by atoms with Crippen molar-refractivity contribution in [1.82, 2.24) is 9.80 Å². The van der Waals surface area contributed by atoms with Crippen LogP contribution in [0.25, 0.3) is 0 Å². The van der Waals surface area contributed by atoms with Gasteiger partial charge in [-0.2, -0.15) is 23.5 Å². The summed E-state index contributed by atoms with van der Waals surface area (Å²) in [6.45, 7) is 3.81. The molecule has 0 aromatic heterocycles. The number of hydrogen-bond acceptors (Lipinski definition) is 5. The molecule has 134 valence electrons. The topological polar surface area (TPSA) is 26.7 Å². The molecule has 0 radical (unpaired) electrons. The predicted molar refractivity (Wildman–Crippen MR) is 102 cm³/mol. The van der Waals surface area contributed by atoms with Gasteiger partial charge in [-0.3, -0.25) is 9.80 Å². The fourth-order valence-electron chi connectivity index (χ4n) is 3.54. The summed E-state index contributed by atoms with van der Waals surface area (Å²) in [6.07, 6.45) is 0.762. The third-order valence-corrected chi connectivity index (χ3v) is 7.42. The van der Waals surface area contributed by atoms with Crippen molar-refractivity contribution in [1.29, 1.82) is 0 Å². The molecule has 6 heteroatoms. The van der Waals surface area contributed by atoms with E-state index in [0.29, 0.717) is 18.6 Å². The van der Waals surface area contributed by atoms with Gasteiger partial charge in [0.25, 0.3) is 0 Å². The normalized spacial score (nSPS) is 24.8. The van der Waals surface area contributed by atoms with Crippen molar-refractivity contribution in [2.45, 2.75) is 25.0 Å². The summed E-state index contributed by atoms with van der Waals surface area (Å²) >= 11 is 4.12. The fourth-order valence-corrected chi connectivity index (χ4v) is 6.17. The Morgan fingerprint density at radius 3 is 2.58 bits per heavy atom. The van der Waals surface area contributed by atoms with Gasteiger partial charge >= 0.3 is 0 Å². The summed E-state index contributed by atoms with van der Waals surface area (Å²) in [5.41, 5.74) is 0.759. The van der Waals surface area contributed by atoms with Crippen LogP contribution in [0.5, 0.6) is 0 Å². The molecule has 1 N–H and O–H groups in total. The second-order valence-corrected chi connectivity index (χ2v) is 8.83. The molecule has 3 rings (SSSR count). The Balaban J connectivity index is 1.63. The second-order valence-electron chi connectivity index (χ2n) is 6.53. The Labute approximate surface area is 153 Å². The summed E-state index contributed by atoms with van der Waals surface area (Å²) < 4.78 is 14.0. The Hall–Kier alpha value is -0.270. The van der Waals surface area contributed by atoms with Crippen molar-refractivity contribution in [3.05, 3.63) is 35.6 Å². The van der Waals surface area contributed by atoms with Gasteiger partial charge in [-0.25, -0.2) is 4.39 Å². The van der Waals surface area contributed by atoms with E-state index in [1.807, 2.05) is 12.1 Å². The van der Waals surface area contributed by atoms with E-state index >= 15 is 0 Å². The molecule has 0 spiro atoms. The molecule has 0 bridgehead atoms. The Morgan fingerprint density at radius 2 is 1.88 bits per heavy atom. The van der Waals surface area contributed by atoms with E-state index in [1.165, 1.54) is 29.1 Å². The number of aliphatic hydroxyl groups excluding tert-OH is 1. The summed E-state index contributed by atoms with van der Waals surface area (Å²) in [6, 6.07) is 7.99. The Kier molecular flexibility index (Phi) is 7.28. The van der Waals surface area contributed by atoms with Gasteiger partial charge in [-0.05, 0) is 12.5 Å². The van der Waals surface area contributed by atoms with Crippen LogP contribution in [-0.4, -0.2) is 76.2 Å². The lowest BCUT2D eigenvalue weighted by atomic mass is 10.1. The largest absolute Gasteiger partial charge is 0.396 e. The minimum atomic E-state index is -0.126. The molecule has 2 heterocycles. The highest BCUT2D eigenvalue weighted by Crippen LogP contribution is 2.24. The number of nitrogens with zero attached hydrogens (tertiary/aromatic N) is 2. The molecule has 1 unspecified atom stereocenters. The first-order chi connectivity index (χ1) is 11.8. The van der Waals surface area contributed by atoms with Crippen LogP contribution in [0.3, 0.4) is 0 Å². The zero-order valence-electron chi connectivity index (χ0n) is 14.1. The van der Waals surface area contributed by atoms with E-state index in [9.17, 15) is 9.50 Å². The monoisotopic (exact) mass is 370 g/mol. The molecule has 1 atom stereocenters. The maximum atomic E-state index is 14.0. The molecule has 24 heavy (non-hydrogen) atoms. The van der Waals surface area contributed by atoms with Gasteiger partial charge in [0, 0.05) is 73.4 Å². The molecule has 2 fully saturated rings. The average molecular weight is 371 g/mol. The number of thioether (sulfide) groups is 2. The third-order valence-electron chi connectivity index (χ3n) is 4.94. The maximum absolute atomic E-state index is 14.0. The van der Waals surface area contributed by atoms with Crippen LogP contribution >= 0.6 is 23.5 Å². The number of benzene rings is 1. The van der Waals surface area contributed by atoms with Crippen LogP contribution in [-0.2, 0) is 6.54 Å². The SMILES string of the molecule is OCCC1CN(C2CSCCSC2)CCN1Cc1ccccc1F. The van der Waals surface area contributed by atoms with Crippen LogP contribution in [0.2, 0.25) is 0 Å². The Morgan fingerprint density at radius 1 is 1.12 bits per heavy atom. The fraction of sp³-hybridized carbons (Fsp3) is 0.667. The van der Waals surface area contributed by atoms with Crippen LogP contribution in [0.4, 0.5) is 4.39 Å². The summed E-state index contributed by atoms with van der Waals surface area (Å²) in [7, 11) is 0. The molecule has 0 saturated carbocycles. The quantitative estimate of drug-likeness (QED) is 0.860. The number of aliphatic hydroxyl groups is 1. The summed E-state index contributed by atoms with van der Waals surface area (Å²) in [4.78, 5) is 4.95. The lowest BCUT2D eigenvalue weighted by Gasteiger charge is -2.44. The average Bonchev–Trinajstić information content (AvgIpc) is 2.88. The Bertz CT molecular complexity index is 512. The van der Waals surface area contributed by atoms with Crippen molar-refractivity contribution < 1.29 is 9.50 Å². The van der Waals surface area contributed by atoms with Gasteiger partial charge in [0.1, 0.15) is 5.82 Å². The first kappa shape index (κ1) is 18.5. The highest BCUT2D eigenvalue weighted by molar-refractivity contribution is 8.03. The molecule has 1 aromatic carbocycles. The number of halogens is 1. The third kappa shape index (κ3) is 4.88. The number of rotatable bonds is 5. The first-order valence-corrected chi connectivity index (χ1v) is 11.1. The van der Waals surface area contributed by atoms with Crippen LogP contribution in [0.1, 0.15) is 12.0 Å². The standard InChI is InChI=1S/C18H27FN2OS2/c19-18-4-2-1-3-15(18)11-20-6-7-21(12-16(20)5-8-22)17-13-23-9-10-24-14-17/h1-4,16-17,22H,5-14H2. The molecule has 2 saturated heterocycles. The van der Waals surface area contributed by atoms with Crippen molar-refractivity contribution in [2.24, 2.45) is 0 Å². The van der Waals surface area contributed by atoms with E-state index in [-0.39, 0.29) is 12.4 Å². The van der Waals surface area contributed by atoms with Crippen molar-refractivity contribution >= 4 is 23.5 Å². The van der Waals surface area contributed by atoms with Gasteiger partial charge in [0.05, 0.1) is 0 Å². The van der Waals surface area contributed by atoms with Gasteiger partial charge in [0.15, 0.2) is 0 Å². The number of hydrogen-bond donors (Lipinski definition) is 1. The van der Waals surface area contributed by atoms with Crippen LogP contribution < -0.4 is 0 Å². The van der Waals surface area contributed by atoms with Gasteiger partial charge in [0.2, 0.25) is 0 Å². The van der Waals surface area contributed by atoms with E-state index in [1.54, 1.807) is 6.07 Å². The molecule has 0 aliphatic carbocycles. The second kappa shape index (κ2) is 9.43. The minimum absolute atomic E-state index is 0.126. The van der Waals surface area contributed by atoms with Crippen LogP contribution in [0.15, 0.2) is 24.3 Å². The van der Waals surface area contributed by atoms with Crippen molar-refractivity contribution in [3.63, 3.8) is 0 Å². The highest BCUT2D eigenvalue weighted by Gasteiger charge is 2.31. The van der Waals surface area contributed by atoms with E-state index in [2.05, 4.69) is 33.3 Å². The lowest BCUT2D eigenvalue weighted by Crippen LogP contribution is -2.56.